The molecule has 0 N–H and O–H groups in total. The third kappa shape index (κ3) is 4.97. The van der Waals surface area contributed by atoms with Gasteiger partial charge in [-0.05, 0) is 37.3 Å². The van der Waals surface area contributed by atoms with Crippen molar-refractivity contribution in [2.75, 3.05) is 12.4 Å². The highest BCUT2D eigenvalue weighted by atomic mass is 32.2. The van der Waals surface area contributed by atoms with Crippen LogP contribution in [0.2, 0.25) is 0 Å². The molecule has 0 saturated heterocycles. The topological polar surface area (TPSA) is 39.4 Å². The highest BCUT2D eigenvalue weighted by molar-refractivity contribution is 7.99. The zero-order valence-corrected chi connectivity index (χ0v) is 12.1. The summed E-state index contributed by atoms with van der Waals surface area (Å²) in [5.41, 5.74) is 1.24. The van der Waals surface area contributed by atoms with E-state index >= 15 is 0 Å². The van der Waals surface area contributed by atoms with Crippen LogP contribution in [0.4, 0.5) is 0 Å². The zero-order valence-electron chi connectivity index (χ0n) is 11.2. The Bertz CT molecular complexity index is 556. The van der Waals surface area contributed by atoms with Crippen LogP contribution < -0.4 is 0 Å². The maximum atomic E-state index is 11.4. The molecule has 0 amide bonds. The van der Waals surface area contributed by atoms with Gasteiger partial charge in [-0.25, -0.2) is 4.79 Å². The van der Waals surface area contributed by atoms with Crippen molar-refractivity contribution >= 4 is 23.8 Å². The van der Waals surface area contributed by atoms with Crippen molar-refractivity contribution in [2.45, 2.75) is 11.8 Å². The van der Waals surface area contributed by atoms with Crippen molar-refractivity contribution in [3.8, 4) is 0 Å². The number of ether oxygens (including phenoxy) is 1. The molecular weight excluding hydrogens is 272 g/mol. The first-order chi connectivity index (χ1) is 9.74. The van der Waals surface area contributed by atoms with Crippen molar-refractivity contribution in [3.63, 3.8) is 0 Å². The van der Waals surface area contributed by atoms with E-state index in [9.17, 15) is 4.79 Å². The molecule has 4 heteroatoms. The first-order valence-corrected chi connectivity index (χ1v) is 7.30. The van der Waals surface area contributed by atoms with E-state index in [0.717, 1.165) is 5.75 Å². The van der Waals surface area contributed by atoms with Gasteiger partial charge in [-0.2, -0.15) is 0 Å². The lowest BCUT2D eigenvalue weighted by Gasteiger charge is -2.03. The van der Waals surface area contributed by atoms with Gasteiger partial charge in [0.1, 0.15) is 12.4 Å². The lowest BCUT2D eigenvalue weighted by atomic mass is 10.2. The molecule has 0 aliphatic carbocycles. The molecule has 0 aliphatic heterocycles. The number of carbonyl (C=O) groups excluding carboxylic acids is 1. The number of benzene rings is 1. The minimum absolute atomic E-state index is 0.356. The van der Waals surface area contributed by atoms with E-state index in [4.69, 9.17) is 9.15 Å². The zero-order chi connectivity index (χ0) is 14.2. The van der Waals surface area contributed by atoms with Crippen LogP contribution in [0.5, 0.6) is 0 Å². The second-order valence-electron chi connectivity index (χ2n) is 4.18. The summed E-state index contributed by atoms with van der Waals surface area (Å²) in [7, 11) is 0. The lowest BCUT2D eigenvalue weighted by Crippen LogP contribution is -2.03. The number of carbonyl (C=O) groups is 1. The Morgan fingerprint density at radius 2 is 2.10 bits per heavy atom. The summed E-state index contributed by atoms with van der Waals surface area (Å²) in [6.07, 6.45) is 4.52. The van der Waals surface area contributed by atoms with Gasteiger partial charge in [-0.3, -0.25) is 0 Å². The van der Waals surface area contributed by atoms with E-state index < -0.39 is 0 Å². The van der Waals surface area contributed by atoms with E-state index in [1.54, 1.807) is 36.2 Å². The molecule has 2 rings (SSSR count). The molecule has 1 heterocycles. The Balaban J connectivity index is 1.65. The van der Waals surface area contributed by atoms with Crippen LogP contribution in [0.25, 0.3) is 6.08 Å². The maximum absolute atomic E-state index is 11.4. The number of hydrogen-bond acceptors (Lipinski definition) is 4. The van der Waals surface area contributed by atoms with Crippen LogP contribution >= 0.6 is 11.8 Å². The van der Waals surface area contributed by atoms with E-state index in [1.165, 1.54) is 16.5 Å². The van der Waals surface area contributed by atoms with Gasteiger partial charge in [-0.15, -0.1) is 11.8 Å². The first-order valence-electron chi connectivity index (χ1n) is 6.32. The normalized spacial score (nSPS) is 10.8. The van der Waals surface area contributed by atoms with Gasteiger partial charge < -0.3 is 9.15 Å². The first kappa shape index (κ1) is 14.5. The minimum Gasteiger partial charge on any atom is -0.465 e. The van der Waals surface area contributed by atoms with E-state index in [-0.39, 0.29) is 5.97 Å². The average molecular weight is 288 g/mol. The van der Waals surface area contributed by atoms with Crippen LogP contribution in [0, 0.1) is 6.92 Å². The van der Waals surface area contributed by atoms with Gasteiger partial charge in [0.2, 0.25) is 0 Å². The molecule has 0 aliphatic rings. The highest BCUT2D eigenvalue weighted by Crippen LogP contribution is 2.17. The number of aryl methyl sites for hydroxylation is 1. The lowest BCUT2D eigenvalue weighted by molar-refractivity contribution is -0.137. The molecule has 1 aromatic heterocycles. The van der Waals surface area contributed by atoms with Crippen molar-refractivity contribution in [1.82, 2.24) is 0 Å². The molecule has 3 nitrogen and oxygen atoms in total. The second kappa shape index (κ2) is 7.60. The fourth-order valence-corrected chi connectivity index (χ4v) is 2.25. The monoisotopic (exact) mass is 288 g/mol. The molecule has 0 fully saturated rings. The Morgan fingerprint density at radius 3 is 2.80 bits per heavy atom. The summed E-state index contributed by atoms with van der Waals surface area (Å²) in [5, 5.41) is 0. The van der Waals surface area contributed by atoms with E-state index in [2.05, 4.69) is 31.2 Å². The average Bonchev–Trinajstić information content (AvgIpc) is 2.96. The molecule has 0 atom stereocenters. The molecule has 2 aromatic rings. The molecule has 20 heavy (non-hydrogen) atoms. The van der Waals surface area contributed by atoms with Crippen molar-refractivity contribution in [1.29, 1.82) is 0 Å². The quantitative estimate of drug-likeness (QED) is 0.349. The third-order valence-corrected chi connectivity index (χ3v) is 3.52. The van der Waals surface area contributed by atoms with Crippen molar-refractivity contribution in [3.05, 3.63) is 60.1 Å². The molecular formula is C16H16O3S. The number of esters is 1. The minimum atomic E-state index is -0.356. The van der Waals surface area contributed by atoms with Crippen LogP contribution in [-0.4, -0.2) is 18.3 Å². The number of furan rings is 1. The van der Waals surface area contributed by atoms with E-state index in [1.807, 2.05) is 0 Å². The Kier molecular flexibility index (Phi) is 5.50. The Labute approximate surface area is 122 Å². The summed E-state index contributed by atoms with van der Waals surface area (Å²) in [5.74, 6) is 1.02. The summed E-state index contributed by atoms with van der Waals surface area (Å²) >= 11 is 1.67. The molecule has 104 valence electrons. The molecule has 0 unspecified atom stereocenters. The van der Waals surface area contributed by atoms with Crippen molar-refractivity contribution in [2.24, 2.45) is 0 Å². The van der Waals surface area contributed by atoms with Gasteiger partial charge >= 0.3 is 5.97 Å². The number of hydrogen-bond donors (Lipinski definition) is 0. The van der Waals surface area contributed by atoms with Crippen LogP contribution in [-0.2, 0) is 9.53 Å². The molecule has 0 saturated carbocycles. The smallest absolute Gasteiger partial charge is 0.330 e. The molecule has 0 radical (unpaired) electrons. The van der Waals surface area contributed by atoms with Crippen molar-refractivity contribution < 1.29 is 13.9 Å². The number of rotatable bonds is 6. The van der Waals surface area contributed by atoms with Gasteiger partial charge in [0.05, 0.1) is 6.26 Å². The molecule has 1 aromatic carbocycles. The Hall–Kier alpha value is -1.94. The van der Waals surface area contributed by atoms with Crippen LogP contribution in [0.15, 0.2) is 58.1 Å². The maximum Gasteiger partial charge on any atom is 0.330 e. The van der Waals surface area contributed by atoms with Gasteiger partial charge in [0.25, 0.3) is 0 Å². The van der Waals surface area contributed by atoms with Crippen LogP contribution in [0.1, 0.15) is 11.3 Å². The SMILES string of the molecule is Cc1ccc(SCCOC(=O)/C=C\c2ccco2)cc1. The van der Waals surface area contributed by atoms with Gasteiger partial charge in [0, 0.05) is 16.7 Å². The summed E-state index contributed by atoms with van der Waals surface area (Å²) < 4.78 is 10.2. The largest absolute Gasteiger partial charge is 0.465 e. The predicted octanol–water partition coefficient (Wildman–Crippen LogP) is 3.94. The highest BCUT2D eigenvalue weighted by Gasteiger charge is 1.99. The fraction of sp³-hybridized carbons (Fsp3) is 0.188. The molecule has 0 spiro atoms. The number of thioether (sulfide) groups is 1. The summed E-state index contributed by atoms with van der Waals surface area (Å²) in [6, 6.07) is 11.8. The Morgan fingerprint density at radius 1 is 1.30 bits per heavy atom. The summed E-state index contributed by atoms with van der Waals surface area (Å²) in [6.45, 7) is 2.45. The molecule has 0 bridgehead atoms. The van der Waals surface area contributed by atoms with Gasteiger partial charge in [0.15, 0.2) is 0 Å². The second-order valence-corrected chi connectivity index (χ2v) is 5.35. The standard InChI is InChI=1S/C16H16O3S/c1-13-4-7-15(8-5-13)20-12-11-19-16(17)9-6-14-3-2-10-18-14/h2-10H,11-12H2,1H3/b9-6-. The van der Waals surface area contributed by atoms with Crippen LogP contribution in [0.3, 0.4) is 0 Å². The fourth-order valence-electron chi connectivity index (χ4n) is 1.52. The van der Waals surface area contributed by atoms with Gasteiger partial charge in [-0.1, -0.05) is 17.7 Å². The van der Waals surface area contributed by atoms with E-state index in [0.29, 0.717) is 12.4 Å². The summed E-state index contributed by atoms with van der Waals surface area (Å²) in [4.78, 5) is 12.6. The third-order valence-electron chi connectivity index (χ3n) is 2.54. The predicted molar refractivity (Wildman–Crippen MR) is 80.6 cm³/mol.